The highest BCUT2D eigenvalue weighted by Gasteiger charge is 2.47. The zero-order chi connectivity index (χ0) is 22.2. The summed E-state index contributed by atoms with van der Waals surface area (Å²) in [6, 6.07) is 0. The van der Waals surface area contributed by atoms with Gasteiger partial charge in [-0.05, 0) is 26.2 Å². The third-order valence-corrected chi connectivity index (χ3v) is 8.01. The SMILES string of the molecule is CCC(C)(CC(C)(OC(=O)CCCS(=O)(=O)O)C(C)(C)CC)SCCC(=O)O. The van der Waals surface area contributed by atoms with Crippen LogP contribution in [0.3, 0.4) is 0 Å². The number of hydrogen-bond acceptors (Lipinski definition) is 6. The van der Waals surface area contributed by atoms with Gasteiger partial charge >= 0.3 is 11.9 Å². The number of carboxylic acids is 1. The number of thioether (sulfide) groups is 1. The lowest BCUT2D eigenvalue weighted by Crippen LogP contribution is -2.50. The first kappa shape index (κ1) is 27.2. The summed E-state index contributed by atoms with van der Waals surface area (Å²) in [6.07, 6.45) is 2.08. The molecular weight excluding hydrogens is 404 g/mol. The fraction of sp³-hybridized carbons (Fsp3) is 0.895. The Morgan fingerprint density at radius 2 is 1.61 bits per heavy atom. The number of aliphatic carboxylic acids is 1. The molecule has 0 heterocycles. The van der Waals surface area contributed by atoms with Crippen LogP contribution >= 0.6 is 11.8 Å². The van der Waals surface area contributed by atoms with Crippen molar-refractivity contribution in [2.24, 2.45) is 5.41 Å². The van der Waals surface area contributed by atoms with Crippen LogP contribution in [-0.4, -0.2) is 51.9 Å². The molecule has 0 saturated heterocycles. The van der Waals surface area contributed by atoms with Crippen molar-refractivity contribution in [1.82, 2.24) is 0 Å². The first-order valence-corrected chi connectivity index (χ1v) is 12.2. The van der Waals surface area contributed by atoms with Crippen molar-refractivity contribution in [2.75, 3.05) is 11.5 Å². The lowest BCUT2D eigenvalue weighted by molar-refractivity contribution is -0.174. The standard InChI is InChI=1S/C19H36O7S2/c1-7-17(3,4)19(6,26-16(22)10-9-13-28(23,24)25)14-18(5,8-2)27-12-11-15(20)21/h7-14H2,1-6H3,(H,20,21)(H,23,24,25). The molecular formula is C19H36O7S2. The van der Waals surface area contributed by atoms with E-state index >= 15 is 0 Å². The molecule has 0 aliphatic carbocycles. The maximum Gasteiger partial charge on any atom is 0.306 e. The molecule has 0 spiro atoms. The molecule has 0 aromatic rings. The second-order valence-corrected chi connectivity index (χ2v) is 11.6. The Bertz CT molecular complexity index is 630. The Hall–Kier alpha value is -0.800. The summed E-state index contributed by atoms with van der Waals surface area (Å²) in [5.74, 6) is -1.34. The van der Waals surface area contributed by atoms with Gasteiger partial charge in [-0.25, -0.2) is 0 Å². The van der Waals surface area contributed by atoms with E-state index in [-0.39, 0.29) is 29.4 Å². The van der Waals surface area contributed by atoms with Crippen molar-refractivity contribution < 1.29 is 32.4 Å². The van der Waals surface area contributed by atoms with E-state index in [4.69, 9.17) is 14.4 Å². The summed E-state index contributed by atoms with van der Waals surface area (Å²) in [5, 5.41) is 8.90. The van der Waals surface area contributed by atoms with Gasteiger partial charge in [-0.1, -0.05) is 34.6 Å². The minimum atomic E-state index is -4.11. The van der Waals surface area contributed by atoms with Gasteiger partial charge in [-0.3, -0.25) is 14.1 Å². The molecule has 0 saturated carbocycles. The molecule has 28 heavy (non-hydrogen) atoms. The number of carbonyl (C=O) groups is 2. The molecule has 9 heteroatoms. The average Bonchev–Trinajstić information content (AvgIpc) is 2.52. The number of carboxylic acid groups (broad SMARTS) is 1. The minimum absolute atomic E-state index is 0.00128. The van der Waals surface area contributed by atoms with Gasteiger partial charge in [0.15, 0.2) is 0 Å². The van der Waals surface area contributed by atoms with Crippen molar-refractivity contribution in [3.63, 3.8) is 0 Å². The lowest BCUT2D eigenvalue weighted by atomic mass is 9.69. The van der Waals surface area contributed by atoms with E-state index in [1.807, 2.05) is 34.6 Å². The van der Waals surface area contributed by atoms with Crippen molar-refractivity contribution in [3.8, 4) is 0 Å². The van der Waals surface area contributed by atoms with Crippen LogP contribution in [0, 0.1) is 5.41 Å². The monoisotopic (exact) mass is 440 g/mol. The van der Waals surface area contributed by atoms with Crippen molar-refractivity contribution in [3.05, 3.63) is 0 Å². The van der Waals surface area contributed by atoms with Gasteiger partial charge in [0.2, 0.25) is 0 Å². The van der Waals surface area contributed by atoms with E-state index in [0.29, 0.717) is 12.2 Å². The summed E-state index contributed by atoms with van der Waals surface area (Å²) >= 11 is 1.57. The average molecular weight is 441 g/mol. The zero-order valence-corrected chi connectivity index (χ0v) is 19.5. The lowest BCUT2D eigenvalue weighted by Gasteiger charge is -2.47. The third kappa shape index (κ3) is 9.60. The molecule has 166 valence electrons. The van der Waals surface area contributed by atoms with Crippen molar-refractivity contribution in [1.29, 1.82) is 0 Å². The third-order valence-electron chi connectivity index (χ3n) is 5.66. The first-order chi connectivity index (χ1) is 12.6. The quantitative estimate of drug-likeness (QED) is 0.305. The Morgan fingerprint density at radius 3 is 2.04 bits per heavy atom. The molecule has 0 aromatic heterocycles. The van der Waals surface area contributed by atoms with Crippen LogP contribution in [0.25, 0.3) is 0 Å². The van der Waals surface area contributed by atoms with Crippen LogP contribution in [0.5, 0.6) is 0 Å². The summed E-state index contributed by atoms with van der Waals surface area (Å²) < 4.78 is 36.1. The highest BCUT2D eigenvalue weighted by Crippen LogP contribution is 2.47. The second-order valence-electron chi connectivity index (χ2n) is 8.30. The Labute approximate surface area is 173 Å². The van der Waals surface area contributed by atoms with Gasteiger partial charge in [-0.15, -0.1) is 0 Å². The molecule has 0 bridgehead atoms. The number of rotatable bonds is 14. The van der Waals surface area contributed by atoms with Crippen LogP contribution in [-0.2, 0) is 24.4 Å². The smallest absolute Gasteiger partial charge is 0.306 e. The Morgan fingerprint density at radius 1 is 1.04 bits per heavy atom. The van der Waals surface area contributed by atoms with Gasteiger partial charge in [0, 0.05) is 28.8 Å². The van der Waals surface area contributed by atoms with Gasteiger partial charge in [-0.2, -0.15) is 20.2 Å². The molecule has 0 aromatic carbocycles. The van der Waals surface area contributed by atoms with Gasteiger partial charge in [0.05, 0.1) is 12.2 Å². The summed E-state index contributed by atoms with van der Waals surface area (Å²) in [7, 11) is -4.11. The number of ether oxygens (including phenoxy) is 1. The van der Waals surface area contributed by atoms with E-state index in [1.165, 1.54) is 0 Å². The predicted octanol–water partition coefficient (Wildman–Crippen LogP) is 4.16. The zero-order valence-electron chi connectivity index (χ0n) is 17.9. The molecule has 0 amide bonds. The topological polar surface area (TPSA) is 118 Å². The van der Waals surface area contributed by atoms with E-state index in [2.05, 4.69) is 6.92 Å². The molecule has 0 aliphatic heterocycles. The van der Waals surface area contributed by atoms with E-state index in [1.54, 1.807) is 11.8 Å². The molecule has 2 unspecified atom stereocenters. The van der Waals surface area contributed by atoms with Crippen LogP contribution in [0.4, 0.5) is 0 Å². The van der Waals surface area contributed by atoms with Gasteiger partial charge in [0.1, 0.15) is 5.60 Å². The normalized spacial score (nSPS) is 16.8. The van der Waals surface area contributed by atoms with Crippen LogP contribution in [0.2, 0.25) is 0 Å². The van der Waals surface area contributed by atoms with Crippen LogP contribution < -0.4 is 0 Å². The van der Waals surface area contributed by atoms with Crippen molar-refractivity contribution in [2.45, 2.75) is 90.4 Å². The molecule has 7 nitrogen and oxygen atoms in total. The van der Waals surface area contributed by atoms with Gasteiger partial charge < -0.3 is 9.84 Å². The summed E-state index contributed by atoms with van der Waals surface area (Å²) in [4.78, 5) is 23.2. The molecule has 2 N–H and O–H groups in total. The molecule has 2 atom stereocenters. The highest BCUT2D eigenvalue weighted by molar-refractivity contribution is 8.00. The summed E-state index contributed by atoms with van der Waals surface area (Å²) in [5.41, 5.74) is -1.15. The largest absolute Gasteiger partial charge is 0.481 e. The van der Waals surface area contributed by atoms with Gasteiger partial charge in [0.25, 0.3) is 10.1 Å². The Balaban J connectivity index is 5.32. The molecule has 0 fully saturated rings. The minimum Gasteiger partial charge on any atom is -0.481 e. The maximum absolute atomic E-state index is 12.4. The fourth-order valence-electron chi connectivity index (χ4n) is 2.87. The molecule has 0 radical (unpaired) electrons. The van der Waals surface area contributed by atoms with Crippen molar-refractivity contribution >= 4 is 33.8 Å². The second kappa shape index (κ2) is 10.8. The van der Waals surface area contributed by atoms with Crippen LogP contribution in [0.15, 0.2) is 0 Å². The highest BCUT2D eigenvalue weighted by atomic mass is 32.2. The van der Waals surface area contributed by atoms with E-state index in [0.717, 1.165) is 12.8 Å². The molecule has 0 rings (SSSR count). The fourth-order valence-corrected chi connectivity index (χ4v) is 4.73. The van der Waals surface area contributed by atoms with E-state index in [9.17, 15) is 18.0 Å². The number of hydrogen-bond donors (Lipinski definition) is 2. The first-order valence-electron chi connectivity index (χ1n) is 9.62. The maximum atomic E-state index is 12.4. The molecule has 0 aliphatic rings. The predicted molar refractivity (Wildman–Crippen MR) is 112 cm³/mol. The van der Waals surface area contributed by atoms with E-state index < -0.39 is 33.4 Å². The Kier molecular flexibility index (Phi) is 10.5. The number of esters is 1. The van der Waals surface area contributed by atoms with Crippen LogP contribution in [0.1, 0.15) is 80.1 Å². The summed E-state index contributed by atoms with van der Waals surface area (Å²) in [6.45, 7) is 12.0. The number of carbonyl (C=O) groups excluding carboxylic acids is 1.